The second-order valence-electron chi connectivity index (χ2n) is 5.19. The van der Waals surface area contributed by atoms with Crippen molar-refractivity contribution in [3.63, 3.8) is 0 Å². The van der Waals surface area contributed by atoms with Gasteiger partial charge in [0, 0.05) is 12.2 Å². The van der Waals surface area contributed by atoms with E-state index in [1.165, 1.54) is 11.6 Å². The Morgan fingerprint density at radius 1 is 1.15 bits per heavy atom. The molecule has 0 saturated carbocycles. The molecule has 0 spiro atoms. The number of nitrogen functional groups attached to an aromatic ring is 1. The molecule has 1 heterocycles. The van der Waals surface area contributed by atoms with Gasteiger partial charge in [0.15, 0.2) is 11.6 Å². The SMILES string of the molecule is Cc1ccc2c(c1)CCCN2c1c(N)ccc(F)c1F. The van der Waals surface area contributed by atoms with E-state index in [9.17, 15) is 8.78 Å². The Balaban J connectivity index is 2.16. The van der Waals surface area contributed by atoms with Crippen LogP contribution in [0.5, 0.6) is 0 Å². The van der Waals surface area contributed by atoms with Crippen LogP contribution in [0.25, 0.3) is 0 Å². The van der Waals surface area contributed by atoms with Crippen LogP contribution in [0.15, 0.2) is 30.3 Å². The number of fused-ring (bicyclic) bond motifs is 1. The molecule has 0 bridgehead atoms. The summed E-state index contributed by atoms with van der Waals surface area (Å²) in [4.78, 5) is 1.78. The summed E-state index contributed by atoms with van der Waals surface area (Å²) in [6, 6.07) is 8.50. The van der Waals surface area contributed by atoms with Crippen LogP contribution in [-0.4, -0.2) is 6.54 Å². The zero-order chi connectivity index (χ0) is 14.3. The molecule has 1 aliphatic rings. The van der Waals surface area contributed by atoms with E-state index < -0.39 is 11.6 Å². The quantitative estimate of drug-likeness (QED) is 0.798. The molecule has 0 aromatic heterocycles. The van der Waals surface area contributed by atoms with Crippen LogP contribution in [0.4, 0.5) is 25.8 Å². The topological polar surface area (TPSA) is 29.3 Å². The predicted octanol–water partition coefficient (Wildman–Crippen LogP) is 3.94. The number of nitrogens with two attached hydrogens (primary N) is 1. The fraction of sp³-hybridized carbons (Fsp3) is 0.250. The first-order chi connectivity index (χ1) is 9.58. The van der Waals surface area contributed by atoms with Gasteiger partial charge < -0.3 is 10.6 Å². The van der Waals surface area contributed by atoms with Crippen molar-refractivity contribution in [3.05, 3.63) is 53.1 Å². The van der Waals surface area contributed by atoms with Crippen LogP contribution >= 0.6 is 0 Å². The van der Waals surface area contributed by atoms with Gasteiger partial charge in [-0.3, -0.25) is 0 Å². The summed E-state index contributed by atoms with van der Waals surface area (Å²) >= 11 is 0. The molecule has 0 aliphatic carbocycles. The smallest absolute Gasteiger partial charge is 0.184 e. The zero-order valence-electron chi connectivity index (χ0n) is 11.3. The molecule has 0 atom stereocenters. The van der Waals surface area contributed by atoms with Gasteiger partial charge in [-0.25, -0.2) is 8.78 Å². The highest BCUT2D eigenvalue weighted by Crippen LogP contribution is 2.38. The van der Waals surface area contributed by atoms with Crippen molar-refractivity contribution in [1.82, 2.24) is 0 Å². The molecule has 2 aromatic rings. The lowest BCUT2D eigenvalue weighted by Gasteiger charge is -2.32. The number of aryl methyl sites for hydroxylation is 2. The van der Waals surface area contributed by atoms with Crippen molar-refractivity contribution in [2.24, 2.45) is 0 Å². The lowest BCUT2D eigenvalue weighted by atomic mass is 9.98. The highest BCUT2D eigenvalue weighted by atomic mass is 19.2. The second-order valence-corrected chi connectivity index (χ2v) is 5.19. The third-order valence-electron chi connectivity index (χ3n) is 3.72. The molecule has 1 aliphatic heterocycles. The van der Waals surface area contributed by atoms with Gasteiger partial charge in [0.25, 0.3) is 0 Å². The number of nitrogens with zero attached hydrogens (tertiary/aromatic N) is 1. The number of hydrogen-bond donors (Lipinski definition) is 1. The fourth-order valence-corrected chi connectivity index (χ4v) is 2.79. The summed E-state index contributed by atoms with van der Waals surface area (Å²) in [5.41, 5.74) is 9.50. The predicted molar refractivity (Wildman–Crippen MR) is 77.3 cm³/mol. The summed E-state index contributed by atoms with van der Waals surface area (Å²) in [5, 5.41) is 0. The largest absolute Gasteiger partial charge is 0.397 e. The molecule has 20 heavy (non-hydrogen) atoms. The molecule has 2 nitrogen and oxygen atoms in total. The van der Waals surface area contributed by atoms with Gasteiger partial charge in [0.1, 0.15) is 5.69 Å². The van der Waals surface area contributed by atoms with Crippen LogP contribution in [0.2, 0.25) is 0 Å². The van der Waals surface area contributed by atoms with Gasteiger partial charge in [-0.2, -0.15) is 0 Å². The Labute approximate surface area is 116 Å². The van der Waals surface area contributed by atoms with E-state index >= 15 is 0 Å². The Hall–Kier alpha value is -2.10. The molecule has 0 unspecified atom stereocenters. The standard InChI is InChI=1S/C16H16F2N2/c1-10-4-7-14-11(9-10)3-2-8-20(14)16-13(19)6-5-12(17)15(16)18/h4-7,9H,2-3,8,19H2,1H3. The van der Waals surface area contributed by atoms with Gasteiger partial charge >= 0.3 is 0 Å². The molecule has 0 saturated heterocycles. The van der Waals surface area contributed by atoms with Gasteiger partial charge in [0.05, 0.1) is 5.69 Å². The van der Waals surface area contributed by atoms with Crippen molar-refractivity contribution < 1.29 is 8.78 Å². The van der Waals surface area contributed by atoms with Crippen LogP contribution in [0.1, 0.15) is 17.5 Å². The van der Waals surface area contributed by atoms with Crippen molar-refractivity contribution in [3.8, 4) is 0 Å². The van der Waals surface area contributed by atoms with Crippen LogP contribution in [-0.2, 0) is 6.42 Å². The summed E-state index contributed by atoms with van der Waals surface area (Å²) in [6.45, 7) is 2.66. The van der Waals surface area contributed by atoms with E-state index in [1.807, 2.05) is 19.1 Å². The van der Waals surface area contributed by atoms with Gasteiger partial charge in [-0.05, 0) is 43.5 Å². The van der Waals surface area contributed by atoms with E-state index in [4.69, 9.17) is 5.73 Å². The normalized spacial score (nSPS) is 14.2. The van der Waals surface area contributed by atoms with Gasteiger partial charge in [-0.15, -0.1) is 0 Å². The molecule has 0 amide bonds. The Kier molecular flexibility index (Phi) is 3.08. The zero-order valence-corrected chi connectivity index (χ0v) is 11.3. The molecule has 0 radical (unpaired) electrons. The van der Waals surface area contributed by atoms with Crippen LogP contribution in [0, 0.1) is 18.6 Å². The highest BCUT2D eigenvalue weighted by Gasteiger charge is 2.24. The molecule has 3 rings (SSSR count). The Bertz CT molecular complexity index is 668. The monoisotopic (exact) mass is 274 g/mol. The van der Waals surface area contributed by atoms with Crippen LogP contribution < -0.4 is 10.6 Å². The maximum atomic E-state index is 14.1. The first-order valence-electron chi connectivity index (χ1n) is 6.68. The molecule has 104 valence electrons. The third kappa shape index (κ3) is 2.01. The molecule has 4 heteroatoms. The molecular formula is C16H16F2N2. The number of hydrogen-bond acceptors (Lipinski definition) is 2. The lowest BCUT2D eigenvalue weighted by Crippen LogP contribution is -2.26. The van der Waals surface area contributed by atoms with E-state index in [1.54, 1.807) is 4.90 Å². The number of halogens is 2. The summed E-state index contributed by atoms with van der Waals surface area (Å²) in [5.74, 6) is -1.74. The molecule has 2 N–H and O–H groups in total. The summed E-state index contributed by atoms with van der Waals surface area (Å²) in [7, 11) is 0. The van der Waals surface area contributed by atoms with Gasteiger partial charge in [0.2, 0.25) is 0 Å². The third-order valence-corrected chi connectivity index (χ3v) is 3.72. The first kappa shape index (κ1) is 12.9. The van der Waals surface area contributed by atoms with E-state index in [0.717, 1.165) is 30.2 Å². The first-order valence-corrected chi connectivity index (χ1v) is 6.68. The molecular weight excluding hydrogens is 258 g/mol. The van der Waals surface area contributed by atoms with Gasteiger partial charge in [-0.1, -0.05) is 17.7 Å². The maximum Gasteiger partial charge on any atom is 0.184 e. The molecule has 0 fully saturated rings. The van der Waals surface area contributed by atoms with Crippen molar-refractivity contribution >= 4 is 17.1 Å². The minimum Gasteiger partial charge on any atom is -0.397 e. The lowest BCUT2D eigenvalue weighted by molar-refractivity contribution is 0.508. The number of benzene rings is 2. The van der Waals surface area contributed by atoms with E-state index in [-0.39, 0.29) is 11.4 Å². The van der Waals surface area contributed by atoms with E-state index in [0.29, 0.717) is 6.54 Å². The average molecular weight is 274 g/mol. The maximum absolute atomic E-state index is 14.1. The average Bonchev–Trinajstić information content (AvgIpc) is 2.43. The van der Waals surface area contributed by atoms with Crippen molar-refractivity contribution in [2.45, 2.75) is 19.8 Å². The van der Waals surface area contributed by atoms with E-state index in [2.05, 4.69) is 6.07 Å². The van der Waals surface area contributed by atoms with Crippen molar-refractivity contribution in [2.75, 3.05) is 17.2 Å². The second kappa shape index (κ2) is 4.78. The number of anilines is 3. The molecule has 2 aromatic carbocycles. The highest BCUT2D eigenvalue weighted by molar-refractivity contribution is 5.77. The minimum absolute atomic E-state index is 0.148. The number of rotatable bonds is 1. The van der Waals surface area contributed by atoms with Crippen LogP contribution in [0.3, 0.4) is 0 Å². The minimum atomic E-state index is -0.876. The Morgan fingerprint density at radius 2 is 1.95 bits per heavy atom. The Morgan fingerprint density at radius 3 is 2.75 bits per heavy atom. The summed E-state index contributed by atoms with van der Waals surface area (Å²) < 4.78 is 27.6. The fourth-order valence-electron chi connectivity index (χ4n) is 2.79. The summed E-state index contributed by atoms with van der Waals surface area (Å²) in [6.07, 6.45) is 1.84. The van der Waals surface area contributed by atoms with Crippen molar-refractivity contribution in [1.29, 1.82) is 0 Å².